The van der Waals surface area contributed by atoms with Gasteiger partial charge in [-0.05, 0) is 12.8 Å². The maximum Gasteiger partial charge on any atom is 0.185 e. The molecule has 0 amide bonds. The van der Waals surface area contributed by atoms with E-state index in [2.05, 4.69) is 15.3 Å². The summed E-state index contributed by atoms with van der Waals surface area (Å²) in [5.74, 6) is 0. The van der Waals surface area contributed by atoms with E-state index >= 15 is 0 Å². The van der Waals surface area contributed by atoms with Gasteiger partial charge in [0.25, 0.3) is 0 Å². The van der Waals surface area contributed by atoms with Crippen molar-refractivity contribution in [3.63, 3.8) is 0 Å². The van der Waals surface area contributed by atoms with Gasteiger partial charge in [0.15, 0.2) is 5.13 Å². The Morgan fingerprint density at radius 2 is 2.00 bits per heavy atom. The second-order valence-corrected chi connectivity index (χ2v) is 4.56. The topological polar surface area (TPSA) is 42.1 Å². The number of hydrogen-bond donors (Lipinski definition) is 1. The summed E-state index contributed by atoms with van der Waals surface area (Å²) < 4.78 is 0. The highest BCUT2D eigenvalue weighted by molar-refractivity contribution is 7.13. The molecule has 1 aliphatic heterocycles. The molecule has 2 heterocycles. The highest BCUT2D eigenvalue weighted by atomic mass is 32.1. The summed E-state index contributed by atoms with van der Waals surface area (Å²) >= 11 is 1.72. The van der Waals surface area contributed by atoms with Gasteiger partial charge in [-0.1, -0.05) is 12.8 Å². The molecule has 1 aliphatic rings. The van der Waals surface area contributed by atoms with Gasteiger partial charge < -0.3 is 10.6 Å². The summed E-state index contributed by atoms with van der Waals surface area (Å²) in [6, 6.07) is 0. The molecule has 0 aromatic carbocycles. The molecule has 1 aromatic rings. The molecule has 0 atom stereocenters. The third-order valence-corrected chi connectivity index (χ3v) is 3.58. The third-order valence-electron chi connectivity index (χ3n) is 2.63. The number of aromatic nitrogens is 1. The van der Waals surface area contributed by atoms with E-state index in [9.17, 15) is 0 Å². The minimum Gasteiger partial charge on any atom is -0.348 e. The number of rotatable bonds is 2. The quantitative estimate of drug-likeness (QED) is 0.813. The summed E-state index contributed by atoms with van der Waals surface area (Å²) in [4.78, 5) is 6.91. The highest BCUT2D eigenvalue weighted by Gasteiger charge is 2.12. The molecule has 0 aliphatic carbocycles. The van der Waals surface area contributed by atoms with Gasteiger partial charge in [0.05, 0.1) is 5.69 Å². The molecule has 1 aromatic heterocycles. The van der Waals surface area contributed by atoms with Crippen molar-refractivity contribution in [2.45, 2.75) is 32.2 Å². The van der Waals surface area contributed by atoms with Crippen LogP contribution in [-0.4, -0.2) is 18.1 Å². The minimum atomic E-state index is 0.560. The van der Waals surface area contributed by atoms with E-state index in [1.54, 1.807) is 11.3 Å². The second kappa shape index (κ2) is 4.75. The monoisotopic (exact) mass is 211 g/mol. The maximum absolute atomic E-state index is 5.55. The van der Waals surface area contributed by atoms with Crippen molar-refractivity contribution in [2.24, 2.45) is 5.73 Å². The Labute approximate surface area is 88.9 Å². The van der Waals surface area contributed by atoms with Gasteiger partial charge in [0.2, 0.25) is 0 Å². The van der Waals surface area contributed by atoms with Gasteiger partial charge in [-0.25, -0.2) is 4.98 Å². The Bertz CT molecular complexity index is 277. The molecule has 14 heavy (non-hydrogen) atoms. The van der Waals surface area contributed by atoms with Gasteiger partial charge >= 0.3 is 0 Å². The van der Waals surface area contributed by atoms with Crippen LogP contribution in [0.4, 0.5) is 5.13 Å². The Morgan fingerprint density at radius 1 is 1.29 bits per heavy atom. The Kier molecular flexibility index (Phi) is 3.37. The van der Waals surface area contributed by atoms with Gasteiger partial charge in [-0.3, -0.25) is 0 Å². The first-order chi connectivity index (χ1) is 6.90. The normalized spacial score (nSPS) is 18.2. The standard InChI is InChI=1S/C10H17N3S/c11-7-9-8-14-10(12-9)13-5-3-1-2-4-6-13/h8H,1-7,11H2. The second-order valence-electron chi connectivity index (χ2n) is 3.73. The molecule has 0 radical (unpaired) electrons. The van der Waals surface area contributed by atoms with Gasteiger partial charge in [0, 0.05) is 25.0 Å². The first-order valence-electron chi connectivity index (χ1n) is 5.29. The van der Waals surface area contributed by atoms with Crippen LogP contribution < -0.4 is 10.6 Å². The lowest BCUT2D eigenvalue weighted by molar-refractivity contribution is 0.726. The van der Waals surface area contributed by atoms with Gasteiger partial charge in [0.1, 0.15) is 0 Å². The molecule has 2 N–H and O–H groups in total. The number of nitrogens with two attached hydrogens (primary N) is 1. The van der Waals surface area contributed by atoms with Crippen LogP contribution >= 0.6 is 11.3 Å². The fourth-order valence-corrected chi connectivity index (χ4v) is 2.69. The lowest BCUT2D eigenvalue weighted by Gasteiger charge is -2.18. The molecule has 1 fully saturated rings. The van der Waals surface area contributed by atoms with Crippen molar-refractivity contribution in [1.82, 2.24) is 4.98 Å². The zero-order valence-electron chi connectivity index (χ0n) is 8.41. The van der Waals surface area contributed by atoms with Crippen molar-refractivity contribution in [3.8, 4) is 0 Å². The largest absolute Gasteiger partial charge is 0.348 e. The number of hydrogen-bond acceptors (Lipinski definition) is 4. The zero-order valence-corrected chi connectivity index (χ0v) is 9.22. The summed E-state index contributed by atoms with van der Waals surface area (Å²) in [5, 5.41) is 3.23. The van der Waals surface area contributed by atoms with Crippen LogP contribution in [0.3, 0.4) is 0 Å². The summed E-state index contributed by atoms with van der Waals surface area (Å²) in [5.41, 5.74) is 6.57. The van der Waals surface area contributed by atoms with Crippen molar-refractivity contribution in [3.05, 3.63) is 11.1 Å². The minimum absolute atomic E-state index is 0.560. The zero-order chi connectivity index (χ0) is 9.80. The molecular formula is C10H17N3S. The van der Waals surface area contributed by atoms with Crippen LogP contribution in [0, 0.1) is 0 Å². The van der Waals surface area contributed by atoms with Crippen molar-refractivity contribution < 1.29 is 0 Å². The molecule has 1 saturated heterocycles. The lowest BCUT2D eigenvalue weighted by Crippen LogP contribution is -2.23. The lowest BCUT2D eigenvalue weighted by atomic mass is 10.2. The Hall–Kier alpha value is -0.610. The Morgan fingerprint density at radius 3 is 2.57 bits per heavy atom. The fraction of sp³-hybridized carbons (Fsp3) is 0.700. The third kappa shape index (κ3) is 2.25. The fourth-order valence-electron chi connectivity index (χ4n) is 1.80. The van der Waals surface area contributed by atoms with Crippen LogP contribution in [0.15, 0.2) is 5.38 Å². The molecule has 0 unspecified atom stereocenters. The van der Waals surface area contributed by atoms with E-state index < -0.39 is 0 Å². The molecule has 0 spiro atoms. The SMILES string of the molecule is NCc1csc(N2CCCCCC2)n1. The molecule has 78 valence electrons. The molecule has 4 heteroatoms. The molecule has 2 rings (SSSR count). The maximum atomic E-state index is 5.55. The molecular weight excluding hydrogens is 194 g/mol. The first-order valence-corrected chi connectivity index (χ1v) is 6.17. The van der Waals surface area contributed by atoms with E-state index in [0.717, 1.165) is 23.9 Å². The van der Waals surface area contributed by atoms with Gasteiger partial charge in [-0.15, -0.1) is 11.3 Å². The average molecular weight is 211 g/mol. The van der Waals surface area contributed by atoms with Gasteiger partial charge in [-0.2, -0.15) is 0 Å². The molecule has 0 bridgehead atoms. The number of nitrogens with zero attached hydrogens (tertiary/aromatic N) is 2. The summed E-state index contributed by atoms with van der Waals surface area (Å²) in [6.07, 6.45) is 5.34. The summed E-state index contributed by atoms with van der Waals surface area (Å²) in [6.45, 7) is 2.89. The van der Waals surface area contributed by atoms with Crippen LogP contribution in [0.5, 0.6) is 0 Å². The molecule has 3 nitrogen and oxygen atoms in total. The van der Waals surface area contributed by atoms with E-state index in [1.807, 2.05) is 0 Å². The van der Waals surface area contributed by atoms with E-state index in [0.29, 0.717) is 6.54 Å². The predicted molar refractivity (Wildman–Crippen MR) is 60.7 cm³/mol. The molecule has 0 saturated carbocycles. The van der Waals surface area contributed by atoms with Crippen LogP contribution in [0.2, 0.25) is 0 Å². The summed E-state index contributed by atoms with van der Waals surface area (Å²) in [7, 11) is 0. The number of thiazole rings is 1. The predicted octanol–water partition coefficient (Wildman–Crippen LogP) is 1.98. The first kappa shape index (κ1) is 9.93. The van der Waals surface area contributed by atoms with Crippen LogP contribution in [0.1, 0.15) is 31.4 Å². The number of anilines is 1. The van der Waals surface area contributed by atoms with E-state index in [1.165, 1.54) is 25.7 Å². The van der Waals surface area contributed by atoms with Crippen molar-refractivity contribution in [1.29, 1.82) is 0 Å². The highest BCUT2D eigenvalue weighted by Crippen LogP contribution is 2.23. The van der Waals surface area contributed by atoms with Crippen molar-refractivity contribution in [2.75, 3.05) is 18.0 Å². The van der Waals surface area contributed by atoms with Crippen molar-refractivity contribution >= 4 is 16.5 Å². The van der Waals surface area contributed by atoms with Crippen LogP contribution in [-0.2, 0) is 6.54 Å². The smallest absolute Gasteiger partial charge is 0.185 e. The van der Waals surface area contributed by atoms with E-state index in [4.69, 9.17) is 5.73 Å². The van der Waals surface area contributed by atoms with E-state index in [-0.39, 0.29) is 0 Å². The van der Waals surface area contributed by atoms with Crippen LogP contribution in [0.25, 0.3) is 0 Å². The average Bonchev–Trinajstić information content (AvgIpc) is 2.53. The Balaban J connectivity index is 2.04.